The third-order valence-corrected chi connectivity index (χ3v) is 6.57. The molecule has 170 valence electrons. The van der Waals surface area contributed by atoms with E-state index in [1.807, 2.05) is 43.3 Å². The zero-order chi connectivity index (χ0) is 23.4. The van der Waals surface area contributed by atoms with Crippen molar-refractivity contribution < 1.29 is 14.3 Å². The first kappa shape index (κ1) is 23.3. The Morgan fingerprint density at radius 2 is 1.79 bits per heavy atom. The van der Waals surface area contributed by atoms with Crippen molar-refractivity contribution in [1.29, 1.82) is 0 Å². The highest BCUT2D eigenvalue weighted by Gasteiger charge is 2.32. The lowest BCUT2D eigenvalue weighted by molar-refractivity contribution is -0.122. The molecule has 3 aromatic carbocycles. The van der Waals surface area contributed by atoms with Gasteiger partial charge in [-0.05, 0) is 59.0 Å². The summed E-state index contributed by atoms with van der Waals surface area (Å²) in [7, 11) is 0. The van der Waals surface area contributed by atoms with E-state index in [1.165, 1.54) is 22.5 Å². The van der Waals surface area contributed by atoms with Gasteiger partial charge in [-0.1, -0.05) is 80.3 Å². The average molecular weight is 478 g/mol. The summed E-state index contributed by atoms with van der Waals surface area (Å²) in [6.45, 7) is 7.69. The maximum atomic E-state index is 12.8. The minimum atomic E-state index is -0.0340. The fourth-order valence-electron chi connectivity index (χ4n) is 3.67. The molecule has 1 saturated heterocycles. The van der Waals surface area contributed by atoms with Crippen molar-refractivity contribution in [2.75, 3.05) is 13.2 Å². The summed E-state index contributed by atoms with van der Waals surface area (Å²) in [5.41, 5.74) is 1.97. The molecular formula is C27H27NO3S2. The molecule has 0 aromatic heterocycles. The van der Waals surface area contributed by atoms with Gasteiger partial charge in [-0.25, -0.2) is 0 Å². The predicted molar refractivity (Wildman–Crippen MR) is 141 cm³/mol. The van der Waals surface area contributed by atoms with Gasteiger partial charge in [-0.15, -0.1) is 0 Å². The SMILES string of the molecule is CCOc1cc(/C=C2\SC(=S)N(CC(C)C)C2=O)ccc1OCc1ccc2ccccc2c1. The molecule has 1 fully saturated rings. The number of thioether (sulfide) groups is 1. The summed E-state index contributed by atoms with van der Waals surface area (Å²) in [6.07, 6.45) is 1.87. The Bertz CT molecular complexity index is 1220. The van der Waals surface area contributed by atoms with Crippen molar-refractivity contribution >= 4 is 51.1 Å². The third kappa shape index (κ3) is 5.57. The smallest absolute Gasteiger partial charge is 0.266 e. The van der Waals surface area contributed by atoms with Crippen molar-refractivity contribution in [3.8, 4) is 11.5 Å². The molecule has 0 spiro atoms. The average Bonchev–Trinajstić information content (AvgIpc) is 3.05. The van der Waals surface area contributed by atoms with Crippen LogP contribution < -0.4 is 9.47 Å². The Labute approximate surface area is 204 Å². The molecular weight excluding hydrogens is 450 g/mol. The first-order chi connectivity index (χ1) is 15.9. The van der Waals surface area contributed by atoms with Crippen LogP contribution >= 0.6 is 24.0 Å². The molecule has 1 aliphatic heterocycles. The van der Waals surface area contributed by atoms with Crippen molar-refractivity contribution in [3.63, 3.8) is 0 Å². The van der Waals surface area contributed by atoms with E-state index in [2.05, 4.69) is 44.2 Å². The number of amides is 1. The van der Waals surface area contributed by atoms with E-state index in [-0.39, 0.29) is 5.91 Å². The number of carbonyl (C=O) groups excluding carboxylic acids is 1. The van der Waals surface area contributed by atoms with Crippen LogP contribution in [0, 0.1) is 5.92 Å². The zero-order valence-electron chi connectivity index (χ0n) is 19.0. The Morgan fingerprint density at radius 1 is 1.00 bits per heavy atom. The van der Waals surface area contributed by atoms with Crippen LogP contribution in [0.25, 0.3) is 16.8 Å². The van der Waals surface area contributed by atoms with E-state index in [0.29, 0.717) is 46.4 Å². The Kier molecular flexibility index (Phi) is 7.36. The molecule has 0 radical (unpaired) electrons. The van der Waals surface area contributed by atoms with Crippen molar-refractivity contribution in [3.05, 3.63) is 76.7 Å². The maximum Gasteiger partial charge on any atom is 0.266 e. The van der Waals surface area contributed by atoms with E-state index < -0.39 is 0 Å². The Hall–Kier alpha value is -2.83. The van der Waals surface area contributed by atoms with Gasteiger partial charge in [0.2, 0.25) is 0 Å². The highest BCUT2D eigenvalue weighted by Crippen LogP contribution is 2.35. The van der Waals surface area contributed by atoms with Gasteiger partial charge >= 0.3 is 0 Å². The van der Waals surface area contributed by atoms with Gasteiger partial charge in [0, 0.05) is 6.54 Å². The number of nitrogens with zero attached hydrogens (tertiary/aromatic N) is 1. The first-order valence-electron chi connectivity index (χ1n) is 11.1. The second kappa shape index (κ2) is 10.4. The molecule has 1 aliphatic rings. The summed E-state index contributed by atoms with van der Waals surface area (Å²) in [5, 5.41) is 2.40. The van der Waals surface area contributed by atoms with Crippen molar-refractivity contribution in [2.24, 2.45) is 5.92 Å². The highest BCUT2D eigenvalue weighted by atomic mass is 32.2. The van der Waals surface area contributed by atoms with Crippen LogP contribution in [-0.2, 0) is 11.4 Å². The van der Waals surface area contributed by atoms with E-state index in [1.54, 1.807) is 4.90 Å². The fourth-order valence-corrected chi connectivity index (χ4v) is 4.94. The lowest BCUT2D eigenvalue weighted by Gasteiger charge is -2.16. The van der Waals surface area contributed by atoms with Crippen LogP contribution in [0.5, 0.6) is 11.5 Å². The van der Waals surface area contributed by atoms with Crippen LogP contribution in [0.2, 0.25) is 0 Å². The van der Waals surface area contributed by atoms with Crippen molar-refractivity contribution in [1.82, 2.24) is 4.90 Å². The summed E-state index contributed by atoms with van der Waals surface area (Å²) in [6, 6.07) is 20.3. The van der Waals surface area contributed by atoms with Crippen LogP contribution in [0.4, 0.5) is 0 Å². The number of hydrogen-bond donors (Lipinski definition) is 0. The number of thiocarbonyl (C=S) groups is 1. The monoisotopic (exact) mass is 477 g/mol. The lowest BCUT2D eigenvalue weighted by atomic mass is 10.1. The number of benzene rings is 3. The van der Waals surface area contributed by atoms with Crippen LogP contribution in [0.1, 0.15) is 31.9 Å². The maximum absolute atomic E-state index is 12.8. The molecule has 6 heteroatoms. The van der Waals surface area contributed by atoms with Gasteiger partial charge in [0.15, 0.2) is 11.5 Å². The Morgan fingerprint density at radius 3 is 2.55 bits per heavy atom. The van der Waals surface area contributed by atoms with E-state index in [4.69, 9.17) is 21.7 Å². The van der Waals surface area contributed by atoms with Crippen LogP contribution in [-0.4, -0.2) is 28.3 Å². The lowest BCUT2D eigenvalue weighted by Crippen LogP contribution is -2.31. The Balaban J connectivity index is 1.52. The number of carbonyl (C=O) groups is 1. The molecule has 0 bridgehead atoms. The van der Waals surface area contributed by atoms with Crippen LogP contribution in [0.15, 0.2) is 65.6 Å². The standard InChI is InChI=1S/C27H27NO3S2/c1-4-30-24-14-19(15-25-26(29)28(16-18(2)3)27(32)33-25)10-12-23(24)31-17-20-9-11-21-7-5-6-8-22(21)13-20/h5-15,18H,4,16-17H2,1-3H3/b25-15-. The predicted octanol–water partition coefficient (Wildman–Crippen LogP) is 6.67. The molecule has 1 amide bonds. The van der Waals surface area contributed by atoms with Gasteiger partial charge in [0.05, 0.1) is 11.5 Å². The van der Waals surface area contributed by atoms with Gasteiger partial charge < -0.3 is 9.47 Å². The largest absolute Gasteiger partial charge is 0.490 e. The molecule has 0 aliphatic carbocycles. The van der Waals surface area contributed by atoms with E-state index in [9.17, 15) is 4.79 Å². The van der Waals surface area contributed by atoms with Gasteiger partial charge in [-0.3, -0.25) is 9.69 Å². The summed E-state index contributed by atoms with van der Waals surface area (Å²) < 4.78 is 12.6. The second-order valence-electron chi connectivity index (χ2n) is 8.30. The van der Waals surface area contributed by atoms with Gasteiger partial charge in [-0.2, -0.15) is 0 Å². The summed E-state index contributed by atoms with van der Waals surface area (Å²) >= 11 is 6.76. The van der Waals surface area contributed by atoms with E-state index in [0.717, 1.165) is 11.1 Å². The zero-order valence-corrected chi connectivity index (χ0v) is 20.7. The number of hydrogen-bond acceptors (Lipinski definition) is 5. The molecule has 1 heterocycles. The third-order valence-electron chi connectivity index (χ3n) is 5.19. The number of fused-ring (bicyclic) bond motifs is 1. The van der Waals surface area contributed by atoms with E-state index >= 15 is 0 Å². The molecule has 0 unspecified atom stereocenters. The van der Waals surface area contributed by atoms with Gasteiger partial charge in [0.25, 0.3) is 5.91 Å². The quantitative estimate of drug-likeness (QED) is 0.267. The summed E-state index contributed by atoms with van der Waals surface area (Å²) in [4.78, 5) is 15.1. The minimum Gasteiger partial charge on any atom is -0.490 e. The van der Waals surface area contributed by atoms with Crippen LogP contribution in [0.3, 0.4) is 0 Å². The first-order valence-corrected chi connectivity index (χ1v) is 12.3. The van der Waals surface area contributed by atoms with Crippen molar-refractivity contribution in [2.45, 2.75) is 27.4 Å². The second-order valence-corrected chi connectivity index (χ2v) is 9.97. The molecule has 3 aromatic rings. The summed E-state index contributed by atoms with van der Waals surface area (Å²) in [5.74, 6) is 1.66. The molecule has 0 atom stereocenters. The minimum absolute atomic E-state index is 0.0340. The number of ether oxygens (including phenoxy) is 2. The fraction of sp³-hybridized carbons (Fsp3) is 0.259. The molecule has 4 nitrogen and oxygen atoms in total. The molecule has 33 heavy (non-hydrogen) atoms. The molecule has 0 N–H and O–H groups in total. The molecule has 4 rings (SSSR count). The number of rotatable bonds is 8. The molecule has 0 saturated carbocycles. The highest BCUT2D eigenvalue weighted by molar-refractivity contribution is 8.26. The normalized spacial score (nSPS) is 15.2. The van der Waals surface area contributed by atoms with Gasteiger partial charge in [0.1, 0.15) is 10.9 Å². The topological polar surface area (TPSA) is 38.8 Å².